The van der Waals surface area contributed by atoms with E-state index in [0.29, 0.717) is 43.2 Å². The summed E-state index contributed by atoms with van der Waals surface area (Å²) in [5.74, 6) is -0.585. The van der Waals surface area contributed by atoms with Crippen LogP contribution >= 0.6 is 11.6 Å². The molecule has 1 N–H and O–H groups in total. The van der Waals surface area contributed by atoms with Gasteiger partial charge in [-0.2, -0.15) is 13.2 Å². The lowest BCUT2D eigenvalue weighted by molar-refractivity contribution is -0.137. The van der Waals surface area contributed by atoms with Crippen molar-refractivity contribution in [1.82, 2.24) is 15.1 Å². The zero-order valence-corrected chi connectivity index (χ0v) is 17.3. The maximum Gasteiger partial charge on any atom is 0.416 e. The SMILES string of the molecule is O=C(N[C@H]1C[C@H]2CN(C(=O)c3ccc(Cl)cc3)CCN2C1)c1cccc(C(F)(F)F)c1. The number of halogens is 4. The number of alkyl halides is 3. The molecule has 2 amide bonds. The van der Waals surface area contributed by atoms with E-state index in [1.54, 1.807) is 29.2 Å². The van der Waals surface area contributed by atoms with Crippen LogP contribution in [-0.4, -0.2) is 59.9 Å². The minimum absolute atomic E-state index is 0.0146. The van der Waals surface area contributed by atoms with Crippen LogP contribution in [0.2, 0.25) is 5.02 Å². The number of nitrogens with zero attached hydrogens (tertiary/aromatic N) is 2. The highest BCUT2D eigenvalue weighted by molar-refractivity contribution is 6.30. The molecule has 0 aromatic heterocycles. The van der Waals surface area contributed by atoms with E-state index < -0.39 is 17.6 Å². The number of amides is 2. The Hall–Kier alpha value is -2.58. The zero-order chi connectivity index (χ0) is 22.2. The van der Waals surface area contributed by atoms with Crippen molar-refractivity contribution in [3.63, 3.8) is 0 Å². The molecule has 5 nitrogen and oxygen atoms in total. The molecule has 2 aromatic carbocycles. The van der Waals surface area contributed by atoms with Gasteiger partial charge in [-0.1, -0.05) is 17.7 Å². The Morgan fingerprint density at radius 2 is 1.74 bits per heavy atom. The van der Waals surface area contributed by atoms with E-state index in [4.69, 9.17) is 11.6 Å². The summed E-state index contributed by atoms with van der Waals surface area (Å²) in [6.07, 6.45) is -3.86. The predicted molar refractivity (Wildman–Crippen MR) is 110 cm³/mol. The van der Waals surface area contributed by atoms with Crippen molar-refractivity contribution in [3.05, 3.63) is 70.2 Å². The normalized spacial score (nSPS) is 21.6. The lowest BCUT2D eigenvalue weighted by Crippen LogP contribution is -2.52. The van der Waals surface area contributed by atoms with Gasteiger partial charge in [0.15, 0.2) is 0 Å². The second kappa shape index (κ2) is 8.51. The smallest absolute Gasteiger partial charge is 0.348 e. The van der Waals surface area contributed by atoms with Crippen molar-refractivity contribution >= 4 is 23.4 Å². The fourth-order valence-electron chi connectivity index (χ4n) is 4.21. The van der Waals surface area contributed by atoms with Crippen LogP contribution in [0.5, 0.6) is 0 Å². The number of nitrogens with one attached hydrogen (secondary N) is 1. The Morgan fingerprint density at radius 3 is 2.45 bits per heavy atom. The number of fused-ring (bicyclic) bond motifs is 1. The summed E-state index contributed by atoms with van der Waals surface area (Å²) in [7, 11) is 0. The van der Waals surface area contributed by atoms with Crippen molar-refractivity contribution in [2.24, 2.45) is 0 Å². The predicted octanol–water partition coefficient (Wildman–Crippen LogP) is 3.69. The van der Waals surface area contributed by atoms with Gasteiger partial charge in [0, 0.05) is 54.4 Å². The minimum atomic E-state index is -4.50. The molecule has 2 saturated heterocycles. The van der Waals surface area contributed by atoms with Gasteiger partial charge in [0.2, 0.25) is 0 Å². The maximum absolute atomic E-state index is 12.9. The molecular formula is C22H21ClF3N3O2. The molecular weight excluding hydrogens is 431 g/mol. The van der Waals surface area contributed by atoms with Gasteiger partial charge in [0.25, 0.3) is 11.8 Å². The molecule has 31 heavy (non-hydrogen) atoms. The van der Waals surface area contributed by atoms with E-state index >= 15 is 0 Å². The Labute approximate surface area is 182 Å². The molecule has 164 valence electrons. The van der Waals surface area contributed by atoms with Gasteiger partial charge in [-0.15, -0.1) is 0 Å². The van der Waals surface area contributed by atoms with Crippen LogP contribution in [0.15, 0.2) is 48.5 Å². The van der Waals surface area contributed by atoms with Crippen LogP contribution in [0.3, 0.4) is 0 Å². The molecule has 2 heterocycles. The number of piperazine rings is 1. The van der Waals surface area contributed by atoms with Gasteiger partial charge in [0.05, 0.1) is 5.56 Å². The Morgan fingerprint density at radius 1 is 1.00 bits per heavy atom. The minimum Gasteiger partial charge on any atom is -0.348 e. The summed E-state index contributed by atoms with van der Waals surface area (Å²) in [4.78, 5) is 29.3. The van der Waals surface area contributed by atoms with Crippen molar-refractivity contribution in [2.75, 3.05) is 26.2 Å². The third-order valence-corrected chi connectivity index (χ3v) is 6.03. The lowest BCUT2D eigenvalue weighted by Gasteiger charge is -2.37. The van der Waals surface area contributed by atoms with Gasteiger partial charge in [-0.3, -0.25) is 14.5 Å². The first-order chi connectivity index (χ1) is 14.7. The summed E-state index contributed by atoms with van der Waals surface area (Å²) in [5, 5.41) is 3.41. The number of rotatable bonds is 3. The van der Waals surface area contributed by atoms with E-state index in [2.05, 4.69) is 10.2 Å². The second-order valence-electron chi connectivity index (χ2n) is 7.89. The quantitative estimate of drug-likeness (QED) is 0.774. The Bertz CT molecular complexity index is 981. The van der Waals surface area contributed by atoms with Crippen molar-refractivity contribution in [2.45, 2.75) is 24.7 Å². The van der Waals surface area contributed by atoms with Gasteiger partial charge >= 0.3 is 6.18 Å². The monoisotopic (exact) mass is 451 g/mol. The van der Waals surface area contributed by atoms with Gasteiger partial charge < -0.3 is 10.2 Å². The van der Waals surface area contributed by atoms with Crippen molar-refractivity contribution in [3.8, 4) is 0 Å². The average Bonchev–Trinajstić information content (AvgIpc) is 3.14. The molecule has 0 unspecified atom stereocenters. The van der Waals surface area contributed by atoms with Gasteiger partial charge in [-0.25, -0.2) is 0 Å². The molecule has 4 rings (SSSR count). The summed E-state index contributed by atoms with van der Waals surface area (Å²) in [5.41, 5.74) is -0.287. The van der Waals surface area contributed by atoms with E-state index in [1.165, 1.54) is 12.1 Å². The van der Waals surface area contributed by atoms with Crippen LogP contribution in [-0.2, 0) is 6.18 Å². The molecule has 2 aromatic rings. The standard InChI is InChI=1S/C22H21ClF3N3O2/c23-17-6-4-14(5-7-17)21(31)29-9-8-28-12-18(11-19(28)13-29)27-20(30)15-2-1-3-16(10-15)22(24,25)26/h1-7,10,18-19H,8-9,11-13H2,(H,27,30)/t18-,19-/m0/s1. The number of carbonyl (C=O) groups excluding carboxylic acids is 2. The molecule has 2 atom stereocenters. The largest absolute Gasteiger partial charge is 0.416 e. The third-order valence-electron chi connectivity index (χ3n) is 5.78. The molecule has 0 bridgehead atoms. The zero-order valence-electron chi connectivity index (χ0n) is 16.5. The molecule has 0 saturated carbocycles. The van der Waals surface area contributed by atoms with Crippen LogP contribution in [0, 0.1) is 0 Å². The van der Waals surface area contributed by atoms with E-state index in [0.717, 1.165) is 12.1 Å². The van der Waals surface area contributed by atoms with Gasteiger partial charge in [0.1, 0.15) is 0 Å². The molecule has 2 fully saturated rings. The number of benzene rings is 2. The molecule has 2 aliphatic heterocycles. The fraction of sp³-hybridized carbons (Fsp3) is 0.364. The van der Waals surface area contributed by atoms with E-state index in [9.17, 15) is 22.8 Å². The second-order valence-corrected chi connectivity index (χ2v) is 8.33. The van der Waals surface area contributed by atoms with E-state index in [1.807, 2.05) is 0 Å². The lowest BCUT2D eigenvalue weighted by atomic mass is 10.1. The molecule has 9 heteroatoms. The average molecular weight is 452 g/mol. The highest BCUT2D eigenvalue weighted by atomic mass is 35.5. The number of carbonyl (C=O) groups is 2. The first kappa shape index (κ1) is 21.6. The highest BCUT2D eigenvalue weighted by Crippen LogP contribution is 2.30. The maximum atomic E-state index is 12.9. The van der Waals surface area contributed by atoms with Crippen LogP contribution < -0.4 is 5.32 Å². The topological polar surface area (TPSA) is 52.7 Å². The van der Waals surface area contributed by atoms with Crippen molar-refractivity contribution < 1.29 is 22.8 Å². The first-order valence-electron chi connectivity index (χ1n) is 9.98. The van der Waals surface area contributed by atoms with Crippen LogP contribution in [0.25, 0.3) is 0 Å². The Kier molecular flexibility index (Phi) is 5.94. The summed E-state index contributed by atoms with van der Waals surface area (Å²) in [6, 6.07) is 11.1. The molecule has 0 spiro atoms. The highest BCUT2D eigenvalue weighted by Gasteiger charge is 2.38. The van der Waals surface area contributed by atoms with Crippen LogP contribution in [0.1, 0.15) is 32.7 Å². The van der Waals surface area contributed by atoms with Gasteiger partial charge in [-0.05, 0) is 48.9 Å². The third kappa shape index (κ3) is 4.85. The number of hydrogen-bond donors (Lipinski definition) is 1. The molecule has 0 aliphatic carbocycles. The fourth-order valence-corrected chi connectivity index (χ4v) is 4.34. The number of hydrogen-bond acceptors (Lipinski definition) is 3. The summed E-state index contributed by atoms with van der Waals surface area (Å²) < 4.78 is 38.7. The van der Waals surface area contributed by atoms with E-state index in [-0.39, 0.29) is 23.6 Å². The first-order valence-corrected chi connectivity index (χ1v) is 10.4. The molecule has 2 aliphatic rings. The summed E-state index contributed by atoms with van der Waals surface area (Å²) in [6.45, 7) is 2.40. The van der Waals surface area contributed by atoms with Crippen LogP contribution in [0.4, 0.5) is 13.2 Å². The van der Waals surface area contributed by atoms with Crippen molar-refractivity contribution in [1.29, 1.82) is 0 Å². The molecule has 0 radical (unpaired) electrons. The summed E-state index contributed by atoms with van der Waals surface area (Å²) >= 11 is 5.89. The Balaban J connectivity index is 1.36.